The van der Waals surface area contributed by atoms with E-state index in [-0.39, 0.29) is 11.9 Å². The molecule has 10 heteroatoms. The number of aliphatic hydroxyl groups excluding tert-OH is 1. The molecule has 4 bridgehead atoms. The monoisotopic (exact) mass is 477 g/mol. The third-order valence-corrected chi connectivity index (χ3v) is 6.25. The molecule has 1 fully saturated rings. The van der Waals surface area contributed by atoms with Gasteiger partial charge in [-0.25, -0.2) is 4.52 Å². The highest BCUT2D eigenvalue weighted by Gasteiger charge is 2.31. The van der Waals surface area contributed by atoms with E-state index in [1.165, 1.54) is 0 Å². The first kappa shape index (κ1) is 24.2. The summed E-state index contributed by atoms with van der Waals surface area (Å²) in [5.74, 6) is 0.686. The molecular weight excluding hydrogens is 446 g/mol. The molecule has 2 aliphatic heterocycles. The van der Waals surface area contributed by atoms with Crippen LogP contribution in [0.3, 0.4) is 0 Å². The summed E-state index contributed by atoms with van der Waals surface area (Å²) in [4.78, 5) is 23.8. The third kappa shape index (κ3) is 5.12. The van der Waals surface area contributed by atoms with E-state index >= 15 is 0 Å². The van der Waals surface area contributed by atoms with Crippen molar-refractivity contribution in [2.24, 2.45) is 10.7 Å². The summed E-state index contributed by atoms with van der Waals surface area (Å²) in [6.07, 6.45) is 6.54. The average Bonchev–Trinajstić information content (AvgIpc) is 3.45. The lowest BCUT2D eigenvalue weighted by atomic mass is 10.1. The fraction of sp³-hybridized carbons (Fsp3) is 0.360. The van der Waals surface area contributed by atoms with Crippen LogP contribution in [0.15, 0.2) is 53.4 Å². The Hall–Kier alpha value is -3.92. The van der Waals surface area contributed by atoms with Gasteiger partial charge in [0.15, 0.2) is 5.65 Å². The first-order valence-corrected chi connectivity index (χ1v) is 11.6. The van der Waals surface area contributed by atoms with Crippen LogP contribution in [0.25, 0.3) is 16.8 Å². The number of hydrogen-bond acceptors (Lipinski definition) is 8. The Morgan fingerprint density at radius 3 is 2.94 bits per heavy atom. The van der Waals surface area contributed by atoms with Crippen LogP contribution in [0, 0.1) is 0 Å². The summed E-state index contributed by atoms with van der Waals surface area (Å²) in [5.41, 5.74) is 11.7. The number of carbonyl (C=O) groups excluding carboxylic acids is 1. The zero-order valence-electron chi connectivity index (χ0n) is 20.2. The highest BCUT2D eigenvalue weighted by molar-refractivity contribution is 5.99. The Labute approximate surface area is 204 Å². The molecule has 0 spiro atoms. The number of benzene rings is 1. The van der Waals surface area contributed by atoms with Gasteiger partial charge in [0, 0.05) is 55.8 Å². The van der Waals surface area contributed by atoms with Crippen molar-refractivity contribution in [3.05, 3.63) is 48.4 Å². The van der Waals surface area contributed by atoms with E-state index in [0.717, 1.165) is 47.3 Å². The minimum absolute atomic E-state index is 0.0461. The molecule has 0 radical (unpaired) electrons. The maximum atomic E-state index is 12.4. The van der Waals surface area contributed by atoms with Gasteiger partial charge in [0.05, 0.1) is 17.9 Å². The van der Waals surface area contributed by atoms with Crippen LogP contribution in [0.2, 0.25) is 0 Å². The standard InChI is InChI=1S/C24H27N7O2.CH4O/c1-15(12-25)16(2)28-19-10-17-9-18(11-19)26-6-8-30-20(3-4-23(30)32)14-33-22-5-7-31-24(29-22)21(17)13-27-31;1-2/h5,7,9-13,20,26H,3-4,6,8,14,25H2,1-2H3;2H,1H3/b15-12-,28-16?;. The zero-order chi connectivity index (χ0) is 24.9. The molecule has 2 aliphatic rings. The van der Waals surface area contributed by atoms with Crippen LogP contribution in [-0.2, 0) is 4.79 Å². The number of hydrogen-bond donors (Lipinski definition) is 3. The number of nitrogens with zero attached hydrogens (tertiary/aromatic N) is 5. The van der Waals surface area contributed by atoms with Gasteiger partial charge in [0.25, 0.3) is 0 Å². The summed E-state index contributed by atoms with van der Waals surface area (Å²) in [6, 6.07) is 7.91. The van der Waals surface area contributed by atoms with Crippen molar-refractivity contribution >= 4 is 28.6 Å². The molecule has 1 saturated heterocycles. The molecule has 1 atom stereocenters. The van der Waals surface area contributed by atoms with Crippen LogP contribution in [0.5, 0.6) is 5.88 Å². The van der Waals surface area contributed by atoms with E-state index in [1.807, 2.05) is 37.1 Å². The van der Waals surface area contributed by atoms with Crippen LogP contribution in [-0.4, -0.2) is 69.1 Å². The van der Waals surface area contributed by atoms with Gasteiger partial charge in [-0.2, -0.15) is 10.1 Å². The molecule has 4 N–H and O–H groups in total. The van der Waals surface area contributed by atoms with Crippen molar-refractivity contribution in [3.8, 4) is 17.0 Å². The van der Waals surface area contributed by atoms with Gasteiger partial charge in [0.1, 0.15) is 6.61 Å². The number of rotatable bonds is 2. The molecule has 4 heterocycles. The van der Waals surface area contributed by atoms with E-state index in [9.17, 15) is 4.79 Å². The average molecular weight is 478 g/mol. The molecule has 1 amide bonds. The van der Waals surface area contributed by atoms with Gasteiger partial charge in [-0.1, -0.05) is 0 Å². The second kappa shape index (κ2) is 10.6. The predicted molar refractivity (Wildman–Crippen MR) is 136 cm³/mol. The van der Waals surface area contributed by atoms with Crippen molar-refractivity contribution in [3.63, 3.8) is 0 Å². The van der Waals surface area contributed by atoms with E-state index in [2.05, 4.69) is 16.5 Å². The smallest absolute Gasteiger partial charge is 0.223 e. The number of carbonyl (C=O) groups is 1. The molecule has 3 aromatic rings. The highest BCUT2D eigenvalue weighted by Crippen LogP contribution is 2.32. The second-order valence-corrected chi connectivity index (χ2v) is 8.43. The number of ether oxygens (including phenoxy) is 1. The SMILES string of the molecule is CC(=Nc1cc2cc(c1)-c1cnn3ccc(nc13)OCC1CCC(=O)N1CCN2)/C(C)=C\N.CO. The maximum Gasteiger partial charge on any atom is 0.223 e. The summed E-state index contributed by atoms with van der Waals surface area (Å²) >= 11 is 0. The number of aromatic nitrogens is 3. The quantitative estimate of drug-likeness (QED) is 0.484. The first-order valence-electron chi connectivity index (χ1n) is 11.6. The number of nitrogens with two attached hydrogens (primary N) is 1. The summed E-state index contributed by atoms with van der Waals surface area (Å²) in [6.45, 7) is 5.53. The topological polar surface area (TPSA) is 130 Å². The fourth-order valence-electron chi connectivity index (χ4n) is 4.25. The lowest BCUT2D eigenvalue weighted by Gasteiger charge is -2.25. The molecule has 35 heavy (non-hydrogen) atoms. The van der Waals surface area contributed by atoms with E-state index in [1.54, 1.807) is 23.0 Å². The van der Waals surface area contributed by atoms with Gasteiger partial charge in [-0.3, -0.25) is 9.79 Å². The van der Waals surface area contributed by atoms with Crippen molar-refractivity contribution < 1.29 is 14.6 Å². The van der Waals surface area contributed by atoms with Gasteiger partial charge in [-0.05, 0) is 55.8 Å². The van der Waals surface area contributed by atoms with Crippen LogP contribution in [0.1, 0.15) is 26.7 Å². The van der Waals surface area contributed by atoms with Crippen molar-refractivity contribution in [1.29, 1.82) is 0 Å². The number of allylic oxidation sites excluding steroid dienone is 1. The minimum atomic E-state index is 0.0461. The maximum absolute atomic E-state index is 12.4. The molecule has 0 saturated carbocycles. The number of fused-ring (bicyclic) bond motifs is 5. The first-order chi connectivity index (χ1) is 17.0. The number of amides is 1. The minimum Gasteiger partial charge on any atom is -0.475 e. The molecule has 184 valence electrons. The second-order valence-electron chi connectivity index (χ2n) is 8.43. The Morgan fingerprint density at radius 1 is 1.31 bits per heavy atom. The molecule has 10 nitrogen and oxygen atoms in total. The Bertz CT molecular complexity index is 1280. The van der Waals surface area contributed by atoms with Gasteiger partial charge < -0.3 is 25.8 Å². The lowest BCUT2D eigenvalue weighted by molar-refractivity contribution is -0.129. The molecule has 5 rings (SSSR count). The number of nitrogens with one attached hydrogen (secondary N) is 1. The van der Waals surface area contributed by atoms with Crippen LogP contribution in [0.4, 0.5) is 11.4 Å². The normalized spacial score (nSPS) is 18.3. The lowest BCUT2D eigenvalue weighted by Crippen LogP contribution is -2.40. The van der Waals surface area contributed by atoms with Crippen molar-refractivity contribution in [1.82, 2.24) is 19.5 Å². The molecule has 1 unspecified atom stereocenters. The summed E-state index contributed by atoms with van der Waals surface area (Å²) < 4.78 is 7.74. The van der Waals surface area contributed by atoms with Gasteiger partial charge >= 0.3 is 0 Å². The predicted octanol–water partition coefficient (Wildman–Crippen LogP) is 2.75. The van der Waals surface area contributed by atoms with Crippen LogP contribution < -0.4 is 15.8 Å². The Kier molecular flexibility index (Phi) is 7.31. The third-order valence-electron chi connectivity index (χ3n) is 6.25. The van der Waals surface area contributed by atoms with Gasteiger partial charge in [0.2, 0.25) is 11.8 Å². The number of aliphatic hydroxyl groups is 1. The summed E-state index contributed by atoms with van der Waals surface area (Å²) in [5, 5.41) is 14.9. The van der Waals surface area contributed by atoms with E-state index in [4.69, 9.17) is 25.6 Å². The van der Waals surface area contributed by atoms with Crippen molar-refractivity contribution in [2.45, 2.75) is 32.7 Å². The number of aliphatic imine (C=N–C) groups is 1. The largest absolute Gasteiger partial charge is 0.475 e. The van der Waals surface area contributed by atoms with E-state index in [0.29, 0.717) is 37.6 Å². The Balaban J connectivity index is 0.00000141. The number of anilines is 1. The zero-order valence-corrected chi connectivity index (χ0v) is 20.2. The fourth-order valence-corrected chi connectivity index (χ4v) is 4.25. The molecule has 1 aromatic carbocycles. The molecular formula is C25H31N7O3. The summed E-state index contributed by atoms with van der Waals surface area (Å²) in [7, 11) is 1.00. The van der Waals surface area contributed by atoms with Crippen molar-refractivity contribution in [2.75, 3.05) is 32.1 Å². The van der Waals surface area contributed by atoms with Gasteiger partial charge in [-0.15, -0.1) is 0 Å². The molecule has 2 aromatic heterocycles. The van der Waals surface area contributed by atoms with E-state index < -0.39 is 0 Å². The Morgan fingerprint density at radius 2 is 2.14 bits per heavy atom. The molecule has 0 aliphatic carbocycles. The highest BCUT2D eigenvalue weighted by atomic mass is 16.5. The van der Waals surface area contributed by atoms with Crippen LogP contribution >= 0.6 is 0 Å².